The lowest BCUT2D eigenvalue weighted by Gasteiger charge is -2.10. The van der Waals surface area contributed by atoms with Crippen LogP contribution in [0, 0.1) is 20.8 Å². The summed E-state index contributed by atoms with van der Waals surface area (Å²) in [6, 6.07) is 19.4. The number of fused-ring (bicyclic) bond motifs is 1. The second-order valence-electron chi connectivity index (χ2n) is 7.26. The maximum absolute atomic E-state index is 12.4. The van der Waals surface area contributed by atoms with Gasteiger partial charge in [-0.2, -0.15) is 5.10 Å². The van der Waals surface area contributed by atoms with Crippen molar-refractivity contribution in [2.24, 2.45) is 5.10 Å². The van der Waals surface area contributed by atoms with Gasteiger partial charge in [0, 0.05) is 33.6 Å². The minimum Gasteiger partial charge on any atom is -0.319 e. The first-order chi connectivity index (χ1) is 14.4. The van der Waals surface area contributed by atoms with Crippen LogP contribution in [0.4, 0.5) is 0 Å². The highest BCUT2D eigenvalue weighted by molar-refractivity contribution is 6.32. The van der Waals surface area contributed by atoms with Gasteiger partial charge in [0.05, 0.1) is 11.7 Å². The van der Waals surface area contributed by atoms with Gasteiger partial charge in [-0.15, -0.1) is 0 Å². The van der Waals surface area contributed by atoms with Gasteiger partial charge in [0.1, 0.15) is 5.15 Å². The number of aryl methyl sites for hydroxylation is 3. The molecule has 2 heterocycles. The fourth-order valence-electron chi connectivity index (χ4n) is 3.42. The van der Waals surface area contributed by atoms with Crippen molar-refractivity contribution in [3.63, 3.8) is 0 Å². The molecule has 0 radical (unpaired) electrons. The number of carbonyl (C=O) groups excluding carboxylic acids is 1. The van der Waals surface area contributed by atoms with E-state index in [4.69, 9.17) is 11.6 Å². The number of benzene rings is 2. The number of aromatic nitrogens is 2. The van der Waals surface area contributed by atoms with Crippen LogP contribution in [0.2, 0.25) is 5.15 Å². The number of nitrogens with zero attached hydrogens (tertiary/aromatic N) is 3. The lowest BCUT2D eigenvalue weighted by molar-refractivity contribution is 0.0955. The Morgan fingerprint density at radius 1 is 1.00 bits per heavy atom. The van der Waals surface area contributed by atoms with E-state index in [1.54, 1.807) is 12.1 Å². The van der Waals surface area contributed by atoms with Crippen molar-refractivity contribution in [2.75, 3.05) is 0 Å². The number of hydrazone groups is 1. The molecule has 0 bridgehead atoms. The van der Waals surface area contributed by atoms with Crippen LogP contribution in [-0.2, 0) is 0 Å². The van der Waals surface area contributed by atoms with Crippen molar-refractivity contribution in [2.45, 2.75) is 20.8 Å². The normalized spacial score (nSPS) is 11.3. The number of carbonyl (C=O) groups is 1. The van der Waals surface area contributed by atoms with Crippen molar-refractivity contribution in [3.8, 4) is 5.69 Å². The monoisotopic (exact) mass is 416 g/mol. The van der Waals surface area contributed by atoms with Gasteiger partial charge in [-0.1, -0.05) is 23.7 Å². The minimum atomic E-state index is -0.292. The number of pyridine rings is 1. The summed E-state index contributed by atoms with van der Waals surface area (Å²) in [4.78, 5) is 16.8. The predicted octanol–water partition coefficient (Wildman–Crippen LogP) is 5.37. The molecule has 0 fully saturated rings. The third-order valence-electron chi connectivity index (χ3n) is 4.98. The molecule has 2 aromatic heterocycles. The van der Waals surface area contributed by atoms with E-state index in [-0.39, 0.29) is 5.91 Å². The number of nitrogens with one attached hydrogen (secondary N) is 1. The van der Waals surface area contributed by atoms with Crippen LogP contribution >= 0.6 is 11.6 Å². The van der Waals surface area contributed by atoms with Crippen LogP contribution in [0.25, 0.3) is 16.6 Å². The molecular weight excluding hydrogens is 396 g/mol. The quantitative estimate of drug-likeness (QED) is 0.276. The molecule has 0 aliphatic carbocycles. The molecule has 0 atom stereocenters. The van der Waals surface area contributed by atoms with E-state index in [9.17, 15) is 4.79 Å². The third kappa shape index (κ3) is 3.98. The summed E-state index contributed by atoms with van der Waals surface area (Å²) in [5.74, 6) is -0.292. The largest absolute Gasteiger partial charge is 0.319 e. The fraction of sp³-hybridized carbons (Fsp3) is 0.125. The number of hydrogen-bond donors (Lipinski definition) is 1. The Hall–Kier alpha value is -3.44. The van der Waals surface area contributed by atoms with E-state index < -0.39 is 0 Å². The van der Waals surface area contributed by atoms with Crippen LogP contribution in [0.5, 0.6) is 0 Å². The first kappa shape index (κ1) is 19.9. The molecule has 1 N–H and O–H groups in total. The van der Waals surface area contributed by atoms with Gasteiger partial charge in [0.15, 0.2) is 0 Å². The van der Waals surface area contributed by atoms with Crippen LogP contribution in [0.3, 0.4) is 0 Å². The van der Waals surface area contributed by atoms with Gasteiger partial charge >= 0.3 is 0 Å². The molecule has 150 valence electrons. The molecular formula is C24H21ClN4O. The number of hydrogen-bond acceptors (Lipinski definition) is 3. The summed E-state index contributed by atoms with van der Waals surface area (Å²) in [7, 11) is 0. The standard InChI is InChI=1S/C24H21ClN4O/c1-15-4-7-19-13-20(23(25)27-22(19)12-15)14-26-28-24(30)18-8-10-21(11-9-18)29-16(2)5-6-17(29)3/h4-14H,1-3H3,(H,28,30). The Bertz CT molecular complexity index is 1250. The van der Waals surface area contributed by atoms with Gasteiger partial charge in [-0.25, -0.2) is 10.4 Å². The molecule has 0 unspecified atom stereocenters. The lowest BCUT2D eigenvalue weighted by atomic mass is 10.1. The summed E-state index contributed by atoms with van der Waals surface area (Å²) in [6.45, 7) is 6.11. The zero-order valence-electron chi connectivity index (χ0n) is 17.0. The van der Waals surface area contributed by atoms with Crippen molar-refractivity contribution in [1.82, 2.24) is 15.0 Å². The maximum atomic E-state index is 12.4. The van der Waals surface area contributed by atoms with E-state index >= 15 is 0 Å². The first-order valence-electron chi connectivity index (χ1n) is 9.58. The van der Waals surface area contributed by atoms with Crippen LogP contribution in [0.15, 0.2) is 65.8 Å². The first-order valence-corrected chi connectivity index (χ1v) is 9.96. The SMILES string of the molecule is Cc1ccc2cc(C=NNC(=O)c3ccc(-n4c(C)ccc4C)cc3)c(Cl)nc2c1. The highest BCUT2D eigenvalue weighted by Gasteiger charge is 2.08. The molecule has 6 heteroatoms. The highest BCUT2D eigenvalue weighted by Crippen LogP contribution is 2.20. The highest BCUT2D eigenvalue weighted by atomic mass is 35.5. The average molecular weight is 417 g/mol. The number of rotatable bonds is 4. The Balaban J connectivity index is 1.48. The second kappa shape index (κ2) is 8.13. The molecule has 0 aliphatic rings. The smallest absolute Gasteiger partial charge is 0.271 e. The average Bonchev–Trinajstić information content (AvgIpc) is 3.06. The van der Waals surface area contributed by atoms with Crippen LogP contribution in [0.1, 0.15) is 32.9 Å². The van der Waals surface area contributed by atoms with E-state index in [0.717, 1.165) is 33.5 Å². The van der Waals surface area contributed by atoms with Gasteiger partial charge < -0.3 is 4.57 Å². The second-order valence-corrected chi connectivity index (χ2v) is 7.62. The lowest BCUT2D eigenvalue weighted by Crippen LogP contribution is -2.17. The summed E-state index contributed by atoms with van der Waals surface area (Å²) in [5.41, 5.74) is 8.96. The molecule has 2 aromatic carbocycles. The van der Waals surface area contributed by atoms with E-state index in [1.807, 2.05) is 43.3 Å². The van der Waals surface area contributed by atoms with Crippen molar-refractivity contribution in [1.29, 1.82) is 0 Å². The minimum absolute atomic E-state index is 0.292. The van der Waals surface area contributed by atoms with Gasteiger partial charge in [0.25, 0.3) is 5.91 Å². The Kier molecular flexibility index (Phi) is 5.38. The van der Waals surface area contributed by atoms with Gasteiger partial charge in [-0.3, -0.25) is 4.79 Å². The molecule has 30 heavy (non-hydrogen) atoms. The molecule has 0 saturated heterocycles. The predicted molar refractivity (Wildman–Crippen MR) is 122 cm³/mol. The van der Waals surface area contributed by atoms with Crippen LogP contribution < -0.4 is 5.43 Å². The van der Waals surface area contributed by atoms with E-state index in [1.165, 1.54) is 6.21 Å². The fourth-order valence-corrected chi connectivity index (χ4v) is 3.62. The summed E-state index contributed by atoms with van der Waals surface area (Å²) < 4.78 is 2.13. The maximum Gasteiger partial charge on any atom is 0.271 e. The molecule has 5 nitrogen and oxygen atoms in total. The van der Waals surface area contributed by atoms with Crippen molar-refractivity contribution >= 4 is 34.6 Å². The van der Waals surface area contributed by atoms with Gasteiger partial charge in [0.2, 0.25) is 0 Å². The van der Waals surface area contributed by atoms with Crippen molar-refractivity contribution < 1.29 is 4.79 Å². The molecule has 1 amide bonds. The molecule has 0 spiro atoms. The molecule has 4 aromatic rings. The Morgan fingerprint density at radius 3 is 2.40 bits per heavy atom. The van der Waals surface area contributed by atoms with E-state index in [0.29, 0.717) is 16.3 Å². The topological polar surface area (TPSA) is 59.3 Å². The van der Waals surface area contributed by atoms with Gasteiger partial charge in [-0.05, 0) is 74.9 Å². The number of halogens is 1. The third-order valence-corrected chi connectivity index (χ3v) is 5.29. The Labute approximate surface area is 180 Å². The molecule has 4 rings (SSSR count). The molecule has 0 aliphatic heterocycles. The van der Waals surface area contributed by atoms with E-state index in [2.05, 4.69) is 46.1 Å². The van der Waals surface area contributed by atoms with Crippen molar-refractivity contribution in [3.05, 3.63) is 93.9 Å². The summed E-state index contributed by atoms with van der Waals surface area (Å²) in [6.07, 6.45) is 1.51. The Morgan fingerprint density at radius 2 is 1.70 bits per heavy atom. The summed E-state index contributed by atoms with van der Waals surface area (Å²) >= 11 is 6.26. The van der Waals surface area contributed by atoms with Crippen LogP contribution in [-0.4, -0.2) is 21.7 Å². The molecule has 0 saturated carbocycles. The zero-order chi connectivity index (χ0) is 21.3. The zero-order valence-corrected chi connectivity index (χ0v) is 17.7. The summed E-state index contributed by atoms with van der Waals surface area (Å²) in [5, 5.41) is 5.35. The number of amides is 1.